The predicted octanol–water partition coefficient (Wildman–Crippen LogP) is 4.77. The second-order valence-corrected chi connectivity index (χ2v) is 7.08. The molecule has 31 heavy (non-hydrogen) atoms. The number of hydrogen-bond acceptors (Lipinski definition) is 6. The number of methoxy groups -OCH3 is 2. The van der Waals surface area contributed by atoms with Crippen molar-refractivity contribution in [2.75, 3.05) is 14.2 Å². The van der Waals surface area contributed by atoms with E-state index < -0.39 is 0 Å². The maximum atomic E-state index is 5.87. The van der Waals surface area contributed by atoms with Crippen molar-refractivity contribution < 1.29 is 18.6 Å². The van der Waals surface area contributed by atoms with Crippen molar-refractivity contribution >= 4 is 0 Å². The van der Waals surface area contributed by atoms with Crippen LogP contribution >= 0.6 is 0 Å². The van der Waals surface area contributed by atoms with E-state index in [1.165, 1.54) is 5.56 Å². The summed E-state index contributed by atoms with van der Waals surface area (Å²) >= 11 is 0. The quantitative estimate of drug-likeness (QED) is 0.369. The summed E-state index contributed by atoms with van der Waals surface area (Å²) in [7, 11) is 3.22. The van der Waals surface area contributed by atoms with E-state index in [0.717, 1.165) is 30.7 Å². The molecule has 0 aliphatic carbocycles. The molecular weight excluding hydrogens is 394 g/mol. The van der Waals surface area contributed by atoms with E-state index in [-0.39, 0.29) is 0 Å². The molecule has 0 fully saturated rings. The van der Waals surface area contributed by atoms with Crippen LogP contribution in [0.15, 0.2) is 71.9 Å². The van der Waals surface area contributed by atoms with Crippen molar-refractivity contribution in [3.05, 3.63) is 78.7 Å². The Hall–Kier alpha value is -3.74. The van der Waals surface area contributed by atoms with Gasteiger partial charge in [-0.1, -0.05) is 12.1 Å². The van der Waals surface area contributed by atoms with Crippen LogP contribution in [0.2, 0.25) is 0 Å². The number of hydrogen-bond donors (Lipinski definition) is 0. The molecule has 7 nitrogen and oxygen atoms in total. The first kappa shape index (κ1) is 20.5. The lowest BCUT2D eigenvalue weighted by Crippen LogP contribution is -1.98. The summed E-state index contributed by atoms with van der Waals surface area (Å²) in [5, 5.41) is 0. The fraction of sp³-hybridized carbons (Fsp3) is 0.250. The minimum absolute atomic E-state index is 0.324. The molecule has 0 aliphatic rings. The van der Waals surface area contributed by atoms with Crippen molar-refractivity contribution in [2.24, 2.45) is 0 Å². The molecule has 0 spiro atoms. The minimum atomic E-state index is 0.324. The molecule has 0 saturated carbocycles. The van der Waals surface area contributed by atoms with E-state index in [2.05, 4.69) is 26.7 Å². The van der Waals surface area contributed by atoms with Gasteiger partial charge in [-0.2, -0.15) is 0 Å². The van der Waals surface area contributed by atoms with E-state index >= 15 is 0 Å². The topological polar surface area (TPSA) is 71.5 Å². The Bertz CT molecular complexity index is 1070. The molecule has 2 heterocycles. The molecule has 4 rings (SSSR count). The number of oxazole rings is 1. The predicted molar refractivity (Wildman–Crippen MR) is 116 cm³/mol. The molecule has 0 unspecified atom stereocenters. The minimum Gasteiger partial charge on any atom is -0.497 e. The lowest BCUT2D eigenvalue weighted by molar-refractivity contribution is 0.301. The third-order valence-corrected chi connectivity index (χ3v) is 4.90. The SMILES string of the molecule is COc1cc(OC)cc(-c2nc(COc3ccc(CCCn4ccnc4)cc3)co2)c1. The summed E-state index contributed by atoms with van der Waals surface area (Å²) in [5.41, 5.74) is 2.77. The Morgan fingerprint density at radius 1 is 0.968 bits per heavy atom. The maximum absolute atomic E-state index is 5.87. The van der Waals surface area contributed by atoms with E-state index in [0.29, 0.717) is 29.7 Å². The van der Waals surface area contributed by atoms with Gasteiger partial charge in [-0.3, -0.25) is 0 Å². The molecule has 160 valence electrons. The van der Waals surface area contributed by atoms with Gasteiger partial charge < -0.3 is 23.2 Å². The Kier molecular flexibility index (Phi) is 6.52. The molecule has 0 radical (unpaired) electrons. The smallest absolute Gasteiger partial charge is 0.226 e. The van der Waals surface area contributed by atoms with Gasteiger partial charge in [-0.05, 0) is 42.7 Å². The molecule has 0 atom stereocenters. The lowest BCUT2D eigenvalue weighted by atomic mass is 10.1. The highest BCUT2D eigenvalue weighted by Crippen LogP contribution is 2.29. The van der Waals surface area contributed by atoms with Gasteiger partial charge in [0.05, 0.1) is 20.5 Å². The molecule has 0 bridgehead atoms. The van der Waals surface area contributed by atoms with Gasteiger partial charge >= 0.3 is 0 Å². The van der Waals surface area contributed by atoms with Crippen molar-refractivity contribution in [3.8, 4) is 28.7 Å². The van der Waals surface area contributed by atoms with Gasteiger partial charge in [-0.15, -0.1) is 0 Å². The number of benzene rings is 2. The third kappa shape index (κ3) is 5.45. The number of aryl methyl sites for hydroxylation is 2. The van der Waals surface area contributed by atoms with Crippen molar-refractivity contribution in [1.82, 2.24) is 14.5 Å². The maximum Gasteiger partial charge on any atom is 0.226 e. The number of imidazole rings is 1. The van der Waals surface area contributed by atoms with Crippen LogP contribution in [0, 0.1) is 0 Å². The van der Waals surface area contributed by atoms with Crippen molar-refractivity contribution in [3.63, 3.8) is 0 Å². The van der Waals surface area contributed by atoms with Crippen LogP contribution in [0.5, 0.6) is 17.2 Å². The first-order valence-electron chi connectivity index (χ1n) is 10.1. The first-order valence-corrected chi connectivity index (χ1v) is 10.1. The number of aromatic nitrogens is 3. The second-order valence-electron chi connectivity index (χ2n) is 7.08. The molecule has 0 saturated heterocycles. The fourth-order valence-electron chi connectivity index (χ4n) is 3.23. The van der Waals surface area contributed by atoms with Gasteiger partial charge in [0.2, 0.25) is 5.89 Å². The monoisotopic (exact) mass is 419 g/mol. The lowest BCUT2D eigenvalue weighted by Gasteiger charge is -2.07. The largest absolute Gasteiger partial charge is 0.497 e. The zero-order valence-corrected chi connectivity index (χ0v) is 17.7. The van der Waals surface area contributed by atoms with Crippen LogP contribution in [-0.4, -0.2) is 28.8 Å². The molecule has 2 aromatic heterocycles. The summed E-state index contributed by atoms with van der Waals surface area (Å²) in [6.07, 6.45) is 9.31. The first-order chi connectivity index (χ1) is 15.2. The van der Waals surface area contributed by atoms with Crippen LogP contribution in [0.4, 0.5) is 0 Å². The molecule has 7 heteroatoms. The second kappa shape index (κ2) is 9.84. The Morgan fingerprint density at radius 3 is 2.42 bits per heavy atom. The van der Waals surface area contributed by atoms with Gasteiger partial charge in [0.15, 0.2) is 0 Å². The Morgan fingerprint density at radius 2 is 1.74 bits per heavy atom. The standard InChI is InChI=1S/C24H25N3O4/c1-28-22-12-19(13-23(14-22)29-2)24-26-20(16-31-24)15-30-21-7-5-18(6-8-21)4-3-10-27-11-9-25-17-27/h5-9,11-14,16-17H,3-4,10,15H2,1-2H3. The molecule has 0 amide bonds. The third-order valence-electron chi connectivity index (χ3n) is 4.90. The van der Waals surface area contributed by atoms with Gasteiger partial charge in [0.1, 0.15) is 35.8 Å². The van der Waals surface area contributed by atoms with Crippen molar-refractivity contribution in [1.29, 1.82) is 0 Å². The highest BCUT2D eigenvalue weighted by molar-refractivity contribution is 5.59. The molecule has 0 N–H and O–H groups in total. The highest BCUT2D eigenvalue weighted by Gasteiger charge is 2.11. The average molecular weight is 419 g/mol. The summed E-state index contributed by atoms with van der Waals surface area (Å²) in [4.78, 5) is 8.58. The normalized spacial score (nSPS) is 10.8. The van der Waals surface area contributed by atoms with Crippen LogP contribution in [0.3, 0.4) is 0 Å². The molecule has 4 aromatic rings. The van der Waals surface area contributed by atoms with E-state index in [1.54, 1.807) is 32.7 Å². The van der Waals surface area contributed by atoms with Crippen molar-refractivity contribution in [2.45, 2.75) is 26.0 Å². The highest BCUT2D eigenvalue weighted by atomic mass is 16.5. The number of nitrogens with zero attached hydrogens (tertiary/aromatic N) is 3. The van der Waals surface area contributed by atoms with Gasteiger partial charge in [-0.25, -0.2) is 9.97 Å². The van der Waals surface area contributed by atoms with E-state index in [9.17, 15) is 0 Å². The summed E-state index contributed by atoms with van der Waals surface area (Å²) in [5.74, 6) is 2.64. The average Bonchev–Trinajstić information content (AvgIpc) is 3.50. The summed E-state index contributed by atoms with van der Waals surface area (Å²) < 4.78 is 24.2. The van der Waals surface area contributed by atoms with E-state index in [4.69, 9.17) is 18.6 Å². The van der Waals surface area contributed by atoms with Crippen LogP contribution < -0.4 is 14.2 Å². The Balaban J connectivity index is 1.31. The van der Waals surface area contributed by atoms with Gasteiger partial charge in [0, 0.05) is 30.6 Å². The van der Waals surface area contributed by atoms with E-state index in [1.807, 2.05) is 36.8 Å². The fourth-order valence-corrected chi connectivity index (χ4v) is 3.23. The van der Waals surface area contributed by atoms with Crippen LogP contribution in [0.1, 0.15) is 17.7 Å². The zero-order valence-electron chi connectivity index (χ0n) is 17.7. The molecule has 2 aromatic carbocycles. The number of ether oxygens (including phenoxy) is 3. The molecule has 0 aliphatic heterocycles. The zero-order chi connectivity index (χ0) is 21.5. The summed E-state index contributed by atoms with van der Waals surface area (Å²) in [6, 6.07) is 13.7. The Labute approximate surface area is 181 Å². The number of rotatable bonds is 10. The van der Waals surface area contributed by atoms with Gasteiger partial charge in [0.25, 0.3) is 0 Å². The summed E-state index contributed by atoms with van der Waals surface area (Å²) in [6.45, 7) is 1.29. The molecular formula is C24H25N3O4. The van der Waals surface area contributed by atoms with Crippen LogP contribution in [-0.2, 0) is 19.6 Å². The van der Waals surface area contributed by atoms with Crippen LogP contribution in [0.25, 0.3) is 11.5 Å².